The highest BCUT2D eigenvalue weighted by atomic mass is 79.9. The Labute approximate surface area is 166 Å². The van der Waals surface area contributed by atoms with Gasteiger partial charge in [0.1, 0.15) is 11.6 Å². The van der Waals surface area contributed by atoms with E-state index < -0.39 is 0 Å². The van der Waals surface area contributed by atoms with Gasteiger partial charge in [0, 0.05) is 20.0 Å². The van der Waals surface area contributed by atoms with Gasteiger partial charge in [-0.15, -0.1) is 0 Å². The monoisotopic (exact) mass is 441 g/mol. The maximum atomic E-state index is 14.3. The number of nitrogens with one attached hydrogen (secondary N) is 1. The number of ether oxygens (including phenoxy) is 2. The van der Waals surface area contributed by atoms with E-state index in [1.54, 1.807) is 23.7 Å². The van der Waals surface area contributed by atoms with Crippen LogP contribution in [-0.2, 0) is 16.6 Å². The van der Waals surface area contributed by atoms with E-state index in [0.29, 0.717) is 28.1 Å². The molecule has 1 atom stereocenters. The number of nitrogens with zero attached hydrogens (tertiary/aromatic N) is 2. The minimum absolute atomic E-state index is 0.00527. The summed E-state index contributed by atoms with van der Waals surface area (Å²) in [5, 5.41) is 2.82. The Hall–Kier alpha value is -1.67. The van der Waals surface area contributed by atoms with Gasteiger partial charge in [-0.2, -0.15) is 4.98 Å². The van der Waals surface area contributed by atoms with Crippen LogP contribution in [0.5, 0.6) is 6.01 Å². The maximum Gasteiger partial charge on any atom is 0.297 e. The minimum Gasteiger partial charge on any atom is -0.461 e. The smallest absolute Gasteiger partial charge is 0.297 e. The van der Waals surface area contributed by atoms with E-state index in [9.17, 15) is 9.18 Å². The van der Waals surface area contributed by atoms with Gasteiger partial charge >= 0.3 is 0 Å². The highest BCUT2D eigenvalue weighted by Gasteiger charge is 2.25. The van der Waals surface area contributed by atoms with Gasteiger partial charge in [0.15, 0.2) is 5.82 Å². The van der Waals surface area contributed by atoms with Gasteiger partial charge < -0.3 is 14.8 Å². The molecule has 8 heteroatoms. The van der Waals surface area contributed by atoms with Gasteiger partial charge in [0.2, 0.25) is 5.91 Å². The third-order valence-corrected chi connectivity index (χ3v) is 5.42. The summed E-state index contributed by atoms with van der Waals surface area (Å²) < 4.78 is 28.3. The van der Waals surface area contributed by atoms with Crippen molar-refractivity contribution in [2.75, 3.05) is 6.61 Å². The molecule has 0 bridgehead atoms. The zero-order valence-corrected chi connectivity index (χ0v) is 17.4. The number of fused-ring (bicyclic) bond motifs is 1. The molecule has 0 radical (unpaired) electrons. The third kappa shape index (κ3) is 4.79. The lowest BCUT2D eigenvalue weighted by atomic mass is 9.95. The summed E-state index contributed by atoms with van der Waals surface area (Å²) in [4.78, 5) is 15.5. The fraction of sp³-hybridized carbons (Fsp3) is 0.579. The highest BCUT2D eigenvalue weighted by Crippen LogP contribution is 2.30. The molecule has 1 aliphatic carbocycles. The molecule has 0 saturated heterocycles. The van der Waals surface area contributed by atoms with E-state index in [1.165, 1.54) is 6.92 Å². The van der Waals surface area contributed by atoms with Crippen LogP contribution < -0.4 is 10.1 Å². The molecule has 1 N–H and O–H groups in total. The predicted octanol–water partition coefficient (Wildman–Crippen LogP) is 3.71. The number of halogens is 2. The Balaban J connectivity index is 1.54. The van der Waals surface area contributed by atoms with Crippen molar-refractivity contribution in [1.29, 1.82) is 0 Å². The Bertz CT molecular complexity index is 818. The summed E-state index contributed by atoms with van der Waals surface area (Å²) in [6.07, 6.45) is 3.71. The molecule has 1 aromatic carbocycles. The number of imidazole rings is 1. The van der Waals surface area contributed by atoms with Crippen LogP contribution in [-0.4, -0.2) is 40.3 Å². The van der Waals surface area contributed by atoms with Gasteiger partial charge in [0.25, 0.3) is 6.01 Å². The van der Waals surface area contributed by atoms with Crippen LogP contribution in [0.25, 0.3) is 11.0 Å². The zero-order valence-electron chi connectivity index (χ0n) is 15.8. The number of amides is 1. The quantitative estimate of drug-likeness (QED) is 0.741. The topological polar surface area (TPSA) is 65.4 Å². The lowest BCUT2D eigenvalue weighted by Gasteiger charge is -2.29. The maximum absolute atomic E-state index is 14.3. The van der Waals surface area contributed by atoms with Crippen molar-refractivity contribution in [3.05, 3.63) is 22.4 Å². The summed E-state index contributed by atoms with van der Waals surface area (Å²) in [7, 11) is 1.76. The summed E-state index contributed by atoms with van der Waals surface area (Å²) in [5.41, 5.74) is 1.01. The molecule has 0 unspecified atom stereocenters. The van der Waals surface area contributed by atoms with Crippen LogP contribution >= 0.6 is 15.9 Å². The van der Waals surface area contributed by atoms with Gasteiger partial charge in [-0.25, -0.2) is 4.39 Å². The Kier molecular flexibility index (Phi) is 6.37. The first kappa shape index (κ1) is 20.1. The van der Waals surface area contributed by atoms with Crippen molar-refractivity contribution in [2.45, 2.75) is 57.8 Å². The molecule has 1 aromatic heterocycles. The lowest BCUT2D eigenvalue weighted by molar-refractivity contribution is -0.120. The van der Waals surface area contributed by atoms with Gasteiger partial charge in [-0.3, -0.25) is 9.36 Å². The van der Waals surface area contributed by atoms with Crippen LogP contribution in [0.4, 0.5) is 4.39 Å². The highest BCUT2D eigenvalue weighted by molar-refractivity contribution is 9.10. The molecule has 2 aromatic rings. The molecule has 1 fully saturated rings. The fourth-order valence-electron chi connectivity index (χ4n) is 3.45. The van der Waals surface area contributed by atoms with Crippen molar-refractivity contribution < 1.29 is 18.7 Å². The Morgan fingerprint density at radius 3 is 2.70 bits per heavy atom. The molecule has 6 nitrogen and oxygen atoms in total. The molecular weight excluding hydrogens is 417 g/mol. The lowest BCUT2D eigenvalue weighted by Crippen LogP contribution is -2.37. The molecule has 27 heavy (non-hydrogen) atoms. The average Bonchev–Trinajstić information content (AvgIpc) is 2.93. The molecule has 1 aliphatic rings. The Morgan fingerprint density at radius 1 is 1.37 bits per heavy atom. The van der Waals surface area contributed by atoms with Crippen molar-refractivity contribution in [2.24, 2.45) is 7.05 Å². The largest absolute Gasteiger partial charge is 0.461 e. The van der Waals surface area contributed by atoms with E-state index in [-0.39, 0.29) is 30.0 Å². The van der Waals surface area contributed by atoms with E-state index in [2.05, 4.69) is 26.2 Å². The number of carbonyl (C=O) groups is 1. The van der Waals surface area contributed by atoms with Crippen molar-refractivity contribution in [1.82, 2.24) is 14.9 Å². The molecule has 3 rings (SSSR count). The number of rotatable bonds is 6. The van der Waals surface area contributed by atoms with Gasteiger partial charge in [0.05, 0.1) is 22.7 Å². The second-order valence-electron chi connectivity index (χ2n) is 7.13. The van der Waals surface area contributed by atoms with Crippen LogP contribution in [0.15, 0.2) is 16.6 Å². The Morgan fingerprint density at radius 2 is 2.04 bits per heavy atom. The first-order valence-corrected chi connectivity index (χ1v) is 10.00. The molecular formula is C19H25BrFN3O3. The molecule has 0 spiro atoms. The summed E-state index contributed by atoms with van der Waals surface area (Å²) in [6.45, 7) is 3.94. The van der Waals surface area contributed by atoms with Crippen molar-refractivity contribution in [3.8, 4) is 6.01 Å². The minimum atomic E-state index is -0.331. The number of hydrogen-bond acceptors (Lipinski definition) is 4. The van der Waals surface area contributed by atoms with E-state index in [0.717, 1.165) is 25.7 Å². The van der Waals surface area contributed by atoms with E-state index >= 15 is 0 Å². The zero-order chi connectivity index (χ0) is 19.6. The van der Waals surface area contributed by atoms with Crippen LogP contribution in [0.2, 0.25) is 0 Å². The number of benzene rings is 1. The van der Waals surface area contributed by atoms with E-state index in [4.69, 9.17) is 9.47 Å². The summed E-state index contributed by atoms with van der Waals surface area (Å²) in [5.74, 6) is -0.378. The first-order chi connectivity index (χ1) is 12.8. The number of carbonyl (C=O) groups excluding carboxylic acids is 1. The summed E-state index contributed by atoms with van der Waals surface area (Å²) in [6, 6.07) is 3.87. The molecule has 0 aliphatic heterocycles. The van der Waals surface area contributed by atoms with Crippen LogP contribution in [0.3, 0.4) is 0 Å². The average molecular weight is 442 g/mol. The predicted molar refractivity (Wildman–Crippen MR) is 104 cm³/mol. The standard InChI is InChI=1S/C19H25BrFN3O3/c1-11(22-12(2)25)10-26-13-4-6-14(7-5-13)27-19-23-16-9-8-15(20)17(21)18(16)24(19)3/h8-9,11,13-14H,4-7,10H2,1-3H3,(H,22,25)/t11-,13?,14?/m0/s1. The summed E-state index contributed by atoms with van der Waals surface area (Å²) >= 11 is 3.21. The number of aryl methyl sites for hydroxylation is 1. The molecule has 1 heterocycles. The van der Waals surface area contributed by atoms with E-state index in [1.807, 2.05) is 6.92 Å². The molecule has 1 saturated carbocycles. The second-order valence-corrected chi connectivity index (χ2v) is 7.99. The van der Waals surface area contributed by atoms with Crippen LogP contribution in [0, 0.1) is 5.82 Å². The number of hydrogen-bond donors (Lipinski definition) is 1. The van der Waals surface area contributed by atoms with Gasteiger partial charge in [-0.1, -0.05) is 0 Å². The second kappa shape index (κ2) is 8.56. The van der Waals surface area contributed by atoms with Crippen molar-refractivity contribution in [3.63, 3.8) is 0 Å². The van der Waals surface area contributed by atoms with Crippen molar-refractivity contribution >= 4 is 32.9 Å². The van der Waals surface area contributed by atoms with Gasteiger partial charge in [-0.05, 0) is 60.7 Å². The normalized spacial score (nSPS) is 21.2. The fourth-order valence-corrected chi connectivity index (χ4v) is 3.77. The first-order valence-electron chi connectivity index (χ1n) is 9.21. The molecule has 1 amide bonds. The SMILES string of the molecule is CC(=O)N[C@@H](C)COC1CCC(Oc2nc3ccc(Br)c(F)c3n2C)CC1. The molecule has 148 valence electrons. The third-order valence-electron chi connectivity index (χ3n) is 4.81. The van der Waals surface area contributed by atoms with Crippen LogP contribution in [0.1, 0.15) is 39.5 Å². The number of aromatic nitrogens is 2.